The maximum Gasteiger partial charge on any atom is 0.334 e. The topological polar surface area (TPSA) is 69.9 Å². The lowest BCUT2D eigenvalue weighted by atomic mass is 10.0. The zero-order chi connectivity index (χ0) is 12.4. The maximum absolute atomic E-state index is 11.0. The molecule has 0 aliphatic carbocycles. The van der Waals surface area contributed by atoms with Gasteiger partial charge in [0.05, 0.1) is 11.3 Å². The molecule has 4 nitrogen and oxygen atoms in total. The molecule has 0 amide bonds. The van der Waals surface area contributed by atoms with E-state index in [0.717, 1.165) is 5.56 Å². The van der Waals surface area contributed by atoms with Gasteiger partial charge in [-0.3, -0.25) is 0 Å². The van der Waals surface area contributed by atoms with Crippen molar-refractivity contribution in [1.82, 2.24) is 0 Å². The molecule has 0 spiro atoms. The Bertz CT molecular complexity index is 541. The van der Waals surface area contributed by atoms with Crippen LogP contribution < -0.4 is 0 Å². The molecule has 0 atom stereocenters. The van der Waals surface area contributed by atoms with Crippen LogP contribution in [-0.2, 0) is 4.79 Å². The van der Waals surface area contributed by atoms with Crippen LogP contribution in [0, 0.1) is 0 Å². The fraction of sp³-hybridized carbons (Fsp3) is 0.0769. The van der Waals surface area contributed by atoms with Gasteiger partial charge in [-0.05, 0) is 5.56 Å². The monoisotopic (exact) mass is 229 g/mol. The first-order chi connectivity index (χ1) is 8.09. The van der Waals surface area contributed by atoms with Gasteiger partial charge in [0, 0.05) is 6.42 Å². The first-order valence-corrected chi connectivity index (χ1v) is 5.07. The van der Waals surface area contributed by atoms with Gasteiger partial charge < -0.3 is 10.2 Å². The van der Waals surface area contributed by atoms with E-state index in [0.29, 0.717) is 5.71 Å². The predicted octanol–water partition coefficient (Wildman–Crippen LogP) is 2.29. The standard InChI is InChI=1S/C13H11NO3/c1-8(15)12-10(13(16)17)7-11(14-12)9-5-3-2-4-6-9/h2-6,15H,1,7H2,(H,16,17). The summed E-state index contributed by atoms with van der Waals surface area (Å²) in [6, 6.07) is 9.27. The molecule has 1 aliphatic heterocycles. The Morgan fingerprint density at radius 1 is 1.24 bits per heavy atom. The number of hydrogen-bond donors (Lipinski definition) is 2. The highest BCUT2D eigenvalue weighted by Crippen LogP contribution is 2.26. The van der Waals surface area contributed by atoms with Crippen molar-refractivity contribution < 1.29 is 15.0 Å². The third-order valence-corrected chi connectivity index (χ3v) is 2.52. The molecule has 1 aliphatic rings. The van der Waals surface area contributed by atoms with E-state index in [4.69, 9.17) is 5.11 Å². The largest absolute Gasteiger partial charge is 0.506 e. The zero-order valence-corrected chi connectivity index (χ0v) is 9.05. The van der Waals surface area contributed by atoms with Gasteiger partial charge in [0.15, 0.2) is 0 Å². The number of aliphatic imine (C=N–C) groups is 1. The van der Waals surface area contributed by atoms with E-state index >= 15 is 0 Å². The van der Waals surface area contributed by atoms with Crippen molar-refractivity contribution in [2.45, 2.75) is 6.42 Å². The second-order valence-electron chi connectivity index (χ2n) is 3.68. The molecular formula is C13H11NO3. The zero-order valence-electron chi connectivity index (χ0n) is 9.05. The molecule has 1 heterocycles. The van der Waals surface area contributed by atoms with Crippen LogP contribution in [0.15, 0.2) is 58.9 Å². The summed E-state index contributed by atoms with van der Waals surface area (Å²) in [5, 5.41) is 18.3. The van der Waals surface area contributed by atoms with Gasteiger partial charge in [-0.25, -0.2) is 9.79 Å². The number of aliphatic hydroxyl groups is 1. The number of aliphatic carboxylic acids is 1. The number of carboxylic acid groups (broad SMARTS) is 1. The van der Waals surface area contributed by atoms with Crippen molar-refractivity contribution in [3.63, 3.8) is 0 Å². The van der Waals surface area contributed by atoms with Crippen molar-refractivity contribution >= 4 is 11.7 Å². The van der Waals surface area contributed by atoms with Gasteiger partial charge in [-0.15, -0.1) is 0 Å². The molecule has 1 aromatic rings. The Morgan fingerprint density at radius 2 is 1.88 bits per heavy atom. The number of hydrogen-bond acceptors (Lipinski definition) is 3. The van der Waals surface area contributed by atoms with Gasteiger partial charge in [-0.2, -0.15) is 0 Å². The fourth-order valence-electron chi connectivity index (χ4n) is 1.71. The Kier molecular flexibility index (Phi) is 2.78. The van der Waals surface area contributed by atoms with Crippen molar-refractivity contribution in [3.8, 4) is 0 Å². The Hall–Kier alpha value is -2.36. The highest BCUT2D eigenvalue weighted by molar-refractivity contribution is 6.10. The van der Waals surface area contributed by atoms with Crippen LogP contribution in [0.25, 0.3) is 0 Å². The van der Waals surface area contributed by atoms with Crippen molar-refractivity contribution in [2.75, 3.05) is 0 Å². The molecule has 2 N–H and O–H groups in total. The molecule has 0 fully saturated rings. The minimum atomic E-state index is -1.08. The molecule has 0 aromatic heterocycles. The highest BCUT2D eigenvalue weighted by atomic mass is 16.4. The second-order valence-corrected chi connectivity index (χ2v) is 3.68. The second kappa shape index (κ2) is 4.25. The molecule has 17 heavy (non-hydrogen) atoms. The van der Waals surface area contributed by atoms with Crippen LogP contribution in [0.2, 0.25) is 0 Å². The Labute approximate surface area is 98.2 Å². The summed E-state index contributed by atoms with van der Waals surface area (Å²) in [5.41, 5.74) is 1.63. The van der Waals surface area contributed by atoms with E-state index in [-0.39, 0.29) is 23.5 Å². The van der Waals surface area contributed by atoms with E-state index < -0.39 is 5.97 Å². The van der Waals surface area contributed by atoms with Crippen LogP contribution in [0.5, 0.6) is 0 Å². The van der Waals surface area contributed by atoms with Gasteiger partial charge in [0.2, 0.25) is 0 Å². The van der Waals surface area contributed by atoms with E-state index in [9.17, 15) is 9.90 Å². The van der Waals surface area contributed by atoms with E-state index in [1.807, 2.05) is 30.3 Å². The minimum absolute atomic E-state index is 0.0661. The summed E-state index contributed by atoms with van der Waals surface area (Å²) < 4.78 is 0. The summed E-state index contributed by atoms with van der Waals surface area (Å²) >= 11 is 0. The number of carbonyl (C=O) groups is 1. The first kappa shape index (κ1) is 11.1. The summed E-state index contributed by atoms with van der Waals surface area (Å²) in [6.07, 6.45) is 0.203. The van der Waals surface area contributed by atoms with Gasteiger partial charge in [0.25, 0.3) is 0 Å². The van der Waals surface area contributed by atoms with Crippen LogP contribution in [0.4, 0.5) is 0 Å². The Balaban J connectivity index is 2.38. The van der Waals surface area contributed by atoms with Crippen molar-refractivity contribution in [1.29, 1.82) is 0 Å². The minimum Gasteiger partial charge on any atom is -0.506 e. The average Bonchev–Trinajstić information content (AvgIpc) is 2.75. The summed E-state index contributed by atoms with van der Waals surface area (Å²) in [4.78, 5) is 15.1. The normalized spacial score (nSPS) is 14.7. The molecule has 86 valence electrons. The number of benzene rings is 1. The third kappa shape index (κ3) is 2.10. The molecule has 0 bridgehead atoms. The van der Waals surface area contributed by atoms with Gasteiger partial charge >= 0.3 is 5.97 Å². The van der Waals surface area contributed by atoms with Crippen molar-refractivity contribution in [2.24, 2.45) is 4.99 Å². The number of nitrogens with zero attached hydrogens (tertiary/aromatic N) is 1. The lowest BCUT2D eigenvalue weighted by Gasteiger charge is -1.99. The van der Waals surface area contributed by atoms with E-state index in [1.54, 1.807) is 0 Å². The van der Waals surface area contributed by atoms with Crippen molar-refractivity contribution in [3.05, 3.63) is 59.5 Å². The summed E-state index contributed by atoms with van der Waals surface area (Å²) in [7, 11) is 0. The molecule has 4 heteroatoms. The summed E-state index contributed by atoms with van der Waals surface area (Å²) in [6.45, 7) is 3.33. The van der Waals surface area contributed by atoms with Gasteiger partial charge in [0.1, 0.15) is 11.5 Å². The highest BCUT2D eigenvalue weighted by Gasteiger charge is 2.25. The quantitative estimate of drug-likeness (QED) is 0.781. The van der Waals surface area contributed by atoms with Crippen LogP contribution >= 0.6 is 0 Å². The SMILES string of the molecule is C=C(O)C1=C(C(=O)O)CC(c2ccccc2)=N1. The lowest BCUT2D eigenvalue weighted by molar-refractivity contribution is -0.132. The molecule has 0 unspecified atom stereocenters. The lowest BCUT2D eigenvalue weighted by Crippen LogP contribution is -2.05. The maximum atomic E-state index is 11.0. The third-order valence-electron chi connectivity index (χ3n) is 2.52. The number of carboxylic acids is 1. The first-order valence-electron chi connectivity index (χ1n) is 5.07. The molecule has 2 rings (SSSR count). The number of rotatable bonds is 3. The predicted molar refractivity (Wildman–Crippen MR) is 64.0 cm³/mol. The molecule has 0 radical (unpaired) electrons. The summed E-state index contributed by atoms with van der Waals surface area (Å²) in [5.74, 6) is -1.39. The van der Waals surface area contributed by atoms with Crippen LogP contribution in [-0.4, -0.2) is 21.9 Å². The van der Waals surface area contributed by atoms with Gasteiger partial charge in [-0.1, -0.05) is 36.9 Å². The molecule has 0 saturated heterocycles. The van der Waals surface area contributed by atoms with Crippen LogP contribution in [0.3, 0.4) is 0 Å². The van der Waals surface area contributed by atoms with E-state index in [2.05, 4.69) is 11.6 Å². The van der Waals surface area contributed by atoms with E-state index in [1.165, 1.54) is 0 Å². The van der Waals surface area contributed by atoms with Crippen LogP contribution in [0.1, 0.15) is 12.0 Å². The fourth-order valence-corrected chi connectivity index (χ4v) is 1.71. The Morgan fingerprint density at radius 3 is 2.35 bits per heavy atom. The number of aliphatic hydroxyl groups excluding tert-OH is 1. The molecular weight excluding hydrogens is 218 g/mol. The smallest absolute Gasteiger partial charge is 0.334 e. The average molecular weight is 229 g/mol. The molecule has 0 saturated carbocycles. The molecule has 1 aromatic carbocycles.